The number of hydrogen-bond donors (Lipinski definition) is 2. The number of aryl methyl sites for hydroxylation is 1. The number of ether oxygens (including phenoxy) is 1. The van der Waals surface area contributed by atoms with E-state index in [2.05, 4.69) is 30.2 Å². The van der Waals surface area contributed by atoms with Gasteiger partial charge in [-0.15, -0.1) is 10.2 Å². The second-order valence-electron chi connectivity index (χ2n) is 8.58. The van der Waals surface area contributed by atoms with Gasteiger partial charge in [0, 0.05) is 30.6 Å². The second-order valence-corrected chi connectivity index (χ2v) is 8.58. The van der Waals surface area contributed by atoms with Crippen molar-refractivity contribution < 1.29 is 18.6 Å². The van der Waals surface area contributed by atoms with Crippen molar-refractivity contribution in [2.75, 3.05) is 5.32 Å². The summed E-state index contributed by atoms with van der Waals surface area (Å²) in [6, 6.07) is 0.639. The first kappa shape index (κ1) is 20.7. The summed E-state index contributed by atoms with van der Waals surface area (Å²) in [4.78, 5) is 22.0. The van der Waals surface area contributed by atoms with Crippen LogP contribution in [-0.4, -0.2) is 52.7 Å². The van der Waals surface area contributed by atoms with E-state index in [1.165, 1.54) is 16.8 Å². The van der Waals surface area contributed by atoms with Gasteiger partial charge in [0.1, 0.15) is 17.8 Å². The minimum Gasteiger partial charge on any atom is -0.429 e. The van der Waals surface area contributed by atoms with E-state index in [4.69, 9.17) is 0 Å². The average Bonchev–Trinajstić information content (AvgIpc) is 3.34. The lowest BCUT2D eigenvalue weighted by Crippen LogP contribution is -2.38. The Bertz CT molecular complexity index is 1210. The molecule has 1 unspecified atom stereocenters. The lowest BCUT2D eigenvalue weighted by molar-refractivity contribution is -0.0513. The molecule has 1 aliphatic heterocycles. The number of aromatic nitrogens is 6. The highest BCUT2D eigenvalue weighted by Crippen LogP contribution is 2.40. The molecule has 0 amide bonds. The van der Waals surface area contributed by atoms with E-state index in [0.717, 1.165) is 18.7 Å². The summed E-state index contributed by atoms with van der Waals surface area (Å²) in [7, 11) is 0. The van der Waals surface area contributed by atoms with Crippen molar-refractivity contribution in [3.8, 4) is 5.75 Å². The molecule has 2 aliphatic rings. The first-order valence-corrected chi connectivity index (χ1v) is 10.5. The Kier molecular flexibility index (Phi) is 5.03. The molecule has 1 fully saturated rings. The Morgan fingerprint density at radius 1 is 1.38 bits per heavy atom. The minimum atomic E-state index is -3.14. The minimum absolute atomic E-state index is 0.0344. The number of halogens is 2. The van der Waals surface area contributed by atoms with E-state index in [1.807, 2.05) is 4.57 Å². The molecule has 3 atom stereocenters. The van der Waals surface area contributed by atoms with Crippen LogP contribution in [0.4, 0.5) is 14.7 Å². The molecule has 3 aromatic rings. The van der Waals surface area contributed by atoms with Crippen molar-refractivity contribution >= 4 is 17.0 Å². The molecule has 170 valence electrons. The molecular weight excluding hydrogens is 424 g/mol. The normalized spacial score (nSPS) is 25.3. The molecule has 0 aromatic carbocycles. The van der Waals surface area contributed by atoms with E-state index in [9.17, 15) is 18.7 Å². The number of nitrogens with zero attached hydrogens (tertiary/aromatic N) is 6. The molecule has 0 bridgehead atoms. The van der Waals surface area contributed by atoms with Gasteiger partial charge in [0.05, 0.1) is 11.6 Å². The predicted octanol–water partition coefficient (Wildman–Crippen LogP) is 1.89. The zero-order valence-corrected chi connectivity index (χ0v) is 17.4. The molecule has 0 saturated heterocycles. The molecule has 5 rings (SSSR count). The summed E-state index contributed by atoms with van der Waals surface area (Å²) in [6.07, 6.45) is 6.42. The van der Waals surface area contributed by atoms with Crippen molar-refractivity contribution in [3.05, 3.63) is 34.8 Å². The summed E-state index contributed by atoms with van der Waals surface area (Å²) < 4.78 is 33.5. The van der Waals surface area contributed by atoms with Gasteiger partial charge in [-0.1, -0.05) is 0 Å². The number of alkyl halides is 2. The van der Waals surface area contributed by atoms with Gasteiger partial charge in [0.2, 0.25) is 5.95 Å². The molecule has 3 aromatic heterocycles. The zero-order chi connectivity index (χ0) is 22.5. The third kappa shape index (κ3) is 3.68. The van der Waals surface area contributed by atoms with Crippen LogP contribution in [0, 0.1) is 0 Å². The van der Waals surface area contributed by atoms with Crippen LogP contribution in [-0.2, 0) is 13.0 Å². The third-order valence-corrected chi connectivity index (χ3v) is 6.31. The lowest BCUT2D eigenvalue weighted by Gasteiger charge is -2.29. The van der Waals surface area contributed by atoms with Gasteiger partial charge in [-0.2, -0.15) is 13.8 Å². The lowest BCUT2D eigenvalue weighted by atomic mass is 10.00. The molecule has 1 saturated carbocycles. The molecule has 10 nitrogen and oxygen atoms in total. The number of anilines is 1. The molecule has 2 N–H and O–H groups in total. The second kappa shape index (κ2) is 7.76. The van der Waals surface area contributed by atoms with Crippen LogP contribution in [0.5, 0.6) is 5.75 Å². The molecule has 4 heterocycles. The Hall–Kier alpha value is -3.15. The Morgan fingerprint density at radius 3 is 2.97 bits per heavy atom. The molecule has 0 radical (unpaired) electrons. The van der Waals surface area contributed by atoms with E-state index in [1.54, 1.807) is 13.3 Å². The van der Waals surface area contributed by atoms with Gasteiger partial charge in [0.15, 0.2) is 5.75 Å². The summed E-state index contributed by atoms with van der Waals surface area (Å²) in [5, 5.41) is 22.5. The van der Waals surface area contributed by atoms with Gasteiger partial charge < -0.3 is 19.7 Å². The highest BCUT2D eigenvalue weighted by atomic mass is 19.3. The van der Waals surface area contributed by atoms with Crippen molar-refractivity contribution in [1.29, 1.82) is 0 Å². The van der Waals surface area contributed by atoms with Crippen molar-refractivity contribution in [3.63, 3.8) is 0 Å². The largest absolute Gasteiger partial charge is 0.429 e. The summed E-state index contributed by atoms with van der Waals surface area (Å²) in [5.41, 5.74) is -1.66. The predicted molar refractivity (Wildman–Crippen MR) is 110 cm³/mol. The van der Waals surface area contributed by atoms with Crippen LogP contribution in [0.15, 0.2) is 23.4 Å². The number of aliphatic hydroxyl groups is 1. The molecule has 0 spiro atoms. The van der Waals surface area contributed by atoms with Crippen LogP contribution in [0.3, 0.4) is 0 Å². The van der Waals surface area contributed by atoms with Gasteiger partial charge in [-0.25, -0.2) is 4.98 Å². The smallest absolute Gasteiger partial charge is 0.387 e. The Labute approximate surface area is 181 Å². The zero-order valence-electron chi connectivity index (χ0n) is 17.4. The maximum atomic E-state index is 13.1. The van der Waals surface area contributed by atoms with Crippen molar-refractivity contribution in [2.45, 2.75) is 69.9 Å². The summed E-state index contributed by atoms with van der Waals surface area (Å²) in [6.45, 7) is -0.856. The maximum absolute atomic E-state index is 13.1. The first-order chi connectivity index (χ1) is 15.3. The Morgan fingerprint density at radius 2 is 2.22 bits per heavy atom. The molecule has 12 heteroatoms. The fourth-order valence-electron chi connectivity index (χ4n) is 4.73. The standard InChI is InChI=1S/C20H23F2N7O3/c1-20(31)6-2-3-14(20)29-16-11(7-13(17(29)30)32-18(21)22)8-23-19(26-16)25-12-4-5-15-27-24-10-28(15)9-12/h7-8,10,12,14,18,31H,2-6,9H2,1H3,(H,23,25,26)/t12?,14-,20-/m1/s1. The van der Waals surface area contributed by atoms with Crippen LogP contribution >= 0.6 is 0 Å². The van der Waals surface area contributed by atoms with E-state index in [0.29, 0.717) is 37.1 Å². The van der Waals surface area contributed by atoms with Gasteiger partial charge in [0.25, 0.3) is 5.56 Å². The van der Waals surface area contributed by atoms with Crippen molar-refractivity contribution in [2.24, 2.45) is 0 Å². The van der Waals surface area contributed by atoms with E-state index >= 15 is 0 Å². The average molecular weight is 447 g/mol. The first-order valence-electron chi connectivity index (χ1n) is 10.5. The SMILES string of the molecule is C[C@@]1(O)CCC[C@H]1n1c(=O)c(OC(F)F)cc2cnc(NC3CCc4nncn4C3)nc21. The number of fused-ring (bicyclic) bond motifs is 2. The molecular formula is C20H23F2N7O3. The van der Waals surface area contributed by atoms with Crippen molar-refractivity contribution in [1.82, 2.24) is 29.3 Å². The number of pyridine rings is 1. The number of rotatable bonds is 5. The summed E-state index contributed by atoms with van der Waals surface area (Å²) >= 11 is 0. The van der Waals surface area contributed by atoms with Crippen LogP contribution in [0.25, 0.3) is 11.0 Å². The highest BCUT2D eigenvalue weighted by Gasteiger charge is 2.40. The highest BCUT2D eigenvalue weighted by molar-refractivity contribution is 5.77. The monoisotopic (exact) mass is 447 g/mol. The molecule has 32 heavy (non-hydrogen) atoms. The third-order valence-electron chi connectivity index (χ3n) is 6.31. The van der Waals surface area contributed by atoms with Crippen LogP contribution in [0.2, 0.25) is 0 Å². The fourth-order valence-corrected chi connectivity index (χ4v) is 4.73. The van der Waals surface area contributed by atoms with Crippen LogP contribution < -0.4 is 15.6 Å². The number of hydrogen-bond acceptors (Lipinski definition) is 8. The van der Waals surface area contributed by atoms with E-state index in [-0.39, 0.29) is 11.7 Å². The van der Waals surface area contributed by atoms with Crippen LogP contribution in [0.1, 0.15) is 44.5 Å². The van der Waals surface area contributed by atoms with Gasteiger partial charge in [-0.3, -0.25) is 9.36 Å². The van der Waals surface area contributed by atoms with Gasteiger partial charge >= 0.3 is 6.61 Å². The topological polar surface area (TPSA) is 120 Å². The molecule has 1 aliphatic carbocycles. The quantitative estimate of drug-likeness (QED) is 0.609. The number of nitrogens with one attached hydrogen (secondary N) is 1. The van der Waals surface area contributed by atoms with Gasteiger partial charge in [-0.05, 0) is 38.7 Å². The maximum Gasteiger partial charge on any atom is 0.387 e. The summed E-state index contributed by atoms with van der Waals surface area (Å²) in [5.74, 6) is 0.741. The fraction of sp³-hybridized carbons (Fsp3) is 0.550. The Balaban J connectivity index is 1.55. The van der Waals surface area contributed by atoms with E-state index < -0.39 is 29.6 Å².